The van der Waals surface area contributed by atoms with Gasteiger partial charge in [-0.15, -0.1) is 0 Å². The van der Waals surface area contributed by atoms with Gasteiger partial charge in [0.05, 0.1) is 6.42 Å². The number of aldehydes is 1. The highest BCUT2D eigenvalue weighted by Crippen LogP contribution is 2.24. The molecule has 0 heterocycles. The molecule has 0 amide bonds. The first-order valence-electron chi connectivity index (χ1n) is 6.14. The van der Waals surface area contributed by atoms with E-state index < -0.39 is 5.79 Å². The maximum atomic E-state index is 10.8. The lowest BCUT2D eigenvalue weighted by Gasteiger charge is -2.29. The zero-order valence-electron chi connectivity index (χ0n) is 10.8. The van der Waals surface area contributed by atoms with Crippen LogP contribution in [0.5, 0.6) is 11.5 Å². The van der Waals surface area contributed by atoms with Crippen molar-refractivity contribution in [2.24, 2.45) is 0 Å². The molecule has 3 nitrogen and oxygen atoms in total. The number of hydrogen-bond donors (Lipinski definition) is 0. The van der Waals surface area contributed by atoms with Crippen molar-refractivity contribution in [2.45, 2.75) is 19.1 Å². The molecule has 0 radical (unpaired) electrons. The number of ether oxygens (including phenoxy) is 2. The van der Waals surface area contributed by atoms with E-state index in [9.17, 15) is 4.79 Å². The molecule has 0 N–H and O–H groups in total. The molecule has 3 heteroatoms. The molecule has 0 fully saturated rings. The van der Waals surface area contributed by atoms with E-state index in [1.165, 1.54) is 0 Å². The summed E-state index contributed by atoms with van der Waals surface area (Å²) in [5.74, 6) is 0.329. The second-order valence-corrected chi connectivity index (χ2v) is 4.33. The number of para-hydroxylation sites is 2. The third-order valence-corrected chi connectivity index (χ3v) is 2.61. The van der Waals surface area contributed by atoms with Crippen LogP contribution in [0.1, 0.15) is 13.3 Å². The SMILES string of the molecule is CC(CC=O)(Oc1ccccc1)Oc1ccccc1. The molecule has 19 heavy (non-hydrogen) atoms. The van der Waals surface area contributed by atoms with Crippen molar-refractivity contribution in [2.75, 3.05) is 0 Å². The van der Waals surface area contributed by atoms with Crippen molar-refractivity contribution < 1.29 is 14.3 Å². The van der Waals surface area contributed by atoms with E-state index >= 15 is 0 Å². The van der Waals surface area contributed by atoms with Crippen LogP contribution in [0, 0.1) is 0 Å². The van der Waals surface area contributed by atoms with E-state index in [1.54, 1.807) is 6.92 Å². The molecular formula is C16H16O3. The van der Waals surface area contributed by atoms with Crippen LogP contribution in [0.4, 0.5) is 0 Å². The number of hydrogen-bond acceptors (Lipinski definition) is 3. The van der Waals surface area contributed by atoms with Gasteiger partial charge in [-0.1, -0.05) is 36.4 Å². The van der Waals surface area contributed by atoms with Crippen LogP contribution in [-0.2, 0) is 4.79 Å². The van der Waals surface area contributed by atoms with Crippen LogP contribution >= 0.6 is 0 Å². The summed E-state index contributed by atoms with van der Waals surface area (Å²) in [6, 6.07) is 18.6. The van der Waals surface area contributed by atoms with Crippen molar-refractivity contribution in [3.05, 3.63) is 60.7 Å². The quantitative estimate of drug-likeness (QED) is 0.586. The number of carbonyl (C=O) groups is 1. The minimum Gasteiger partial charge on any atom is -0.452 e. The topological polar surface area (TPSA) is 35.5 Å². The Hall–Kier alpha value is -2.29. The lowest BCUT2D eigenvalue weighted by molar-refractivity contribution is -0.128. The highest BCUT2D eigenvalue weighted by Gasteiger charge is 2.28. The van der Waals surface area contributed by atoms with E-state index in [4.69, 9.17) is 9.47 Å². The molecule has 0 unspecified atom stereocenters. The molecule has 0 atom stereocenters. The third-order valence-electron chi connectivity index (χ3n) is 2.61. The molecule has 0 aliphatic rings. The predicted molar refractivity (Wildman–Crippen MR) is 73.2 cm³/mol. The molecule has 0 saturated carbocycles. The molecule has 2 rings (SSSR count). The van der Waals surface area contributed by atoms with Gasteiger partial charge in [-0.2, -0.15) is 0 Å². The van der Waals surface area contributed by atoms with Gasteiger partial charge in [0.2, 0.25) is 0 Å². The Balaban J connectivity index is 2.15. The molecular weight excluding hydrogens is 240 g/mol. The fraction of sp³-hybridized carbons (Fsp3) is 0.188. The average molecular weight is 256 g/mol. The minimum absolute atomic E-state index is 0.150. The van der Waals surface area contributed by atoms with E-state index in [1.807, 2.05) is 60.7 Å². The zero-order chi connectivity index (χ0) is 13.6. The summed E-state index contributed by atoms with van der Waals surface area (Å²) in [5.41, 5.74) is 0. The summed E-state index contributed by atoms with van der Waals surface area (Å²) >= 11 is 0. The normalized spacial score (nSPS) is 10.8. The molecule has 0 spiro atoms. The van der Waals surface area contributed by atoms with Gasteiger partial charge in [-0.3, -0.25) is 0 Å². The Morgan fingerprint density at radius 2 is 1.32 bits per heavy atom. The number of rotatable bonds is 6. The largest absolute Gasteiger partial charge is 0.452 e. The minimum atomic E-state index is -1.01. The molecule has 98 valence electrons. The van der Waals surface area contributed by atoms with E-state index in [2.05, 4.69) is 0 Å². The molecule has 0 bridgehead atoms. The summed E-state index contributed by atoms with van der Waals surface area (Å²) in [7, 11) is 0. The van der Waals surface area contributed by atoms with Crippen molar-refractivity contribution in [3.63, 3.8) is 0 Å². The smallest absolute Gasteiger partial charge is 0.255 e. The van der Waals surface area contributed by atoms with E-state index in [0.717, 1.165) is 6.29 Å². The fourth-order valence-electron chi connectivity index (χ4n) is 1.73. The highest BCUT2D eigenvalue weighted by molar-refractivity contribution is 5.51. The van der Waals surface area contributed by atoms with Gasteiger partial charge in [0.25, 0.3) is 5.79 Å². The van der Waals surface area contributed by atoms with Gasteiger partial charge >= 0.3 is 0 Å². The highest BCUT2D eigenvalue weighted by atomic mass is 16.7. The lowest BCUT2D eigenvalue weighted by atomic mass is 10.2. The number of benzene rings is 2. The van der Waals surface area contributed by atoms with Crippen LogP contribution < -0.4 is 9.47 Å². The van der Waals surface area contributed by atoms with Crippen molar-refractivity contribution in [3.8, 4) is 11.5 Å². The van der Waals surface area contributed by atoms with Crippen molar-refractivity contribution in [1.82, 2.24) is 0 Å². The van der Waals surface area contributed by atoms with Crippen LogP contribution in [-0.4, -0.2) is 12.1 Å². The average Bonchev–Trinajstić information content (AvgIpc) is 2.41. The maximum absolute atomic E-state index is 10.8. The van der Waals surface area contributed by atoms with Crippen LogP contribution in [0.2, 0.25) is 0 Å². The summed E-state index contributed by atoms with van der Waals surface area (Å²) in [4.78, 5) is 10.8. The van der Waals surface area contributed by atoms with Crippen LogP contribution in [0.25, 0.3) is 0 Å². The van der Waals surface area contributed by atoms with Crippen molar-refractivity contribution >= 4 is 6.29 Å². The first-order valence-corrected chi connectivity index (χ1v) is 6.14. The Kier molecular flexibility index (Phi) is 4.18. The summed E-state index contributed by atoms with van der Waals surface area (Å²) in [5, 5.41) is 0. The van der Waals surface area contributed by atoms with Crippen LogP contribution in [0.3, 0.4) is 0 Å². The second-order valence-electron chi connectivity index (χ2n) is 4.33. The molecule has 0 aliphatic heterocycles. The molecule has 2 aromatic rings. The Morgan fingerprint density at radius 1 is 0.895 bits per heavy atom. The van der Waals surface area contributed by atoms with Gasteiger partial charge < -0.3 is 14.3 Å². The lowest BCUT2D eigenvalue weighted by Crippen LogP contribution is -2.39. The Bertz CT molecular complexity index is 467. The molecule has 0 saturated heterocycles. The van der Waals surface area contributed by atoms with E-state index in [-0.39, 0.29) is 6.42 Å². The number of carbonyl (C=O) groups excluding carboxylic acids is 1. The zero-order valence-corrected chi connectivity index (χ0v) is 10.8. The van der Waals surface area contributed by atoms with Crippen LogP contribution in [0.15, 0.2) is 60.7 Å². The summed E-state index contributed by atoms with van der Waals surface area (Å²) in [6.45, 7) is 1.75. The van der Waals surface area contributed by atoms with Gasteiger partial charge in [-0.05, 0) is 24.3 Å². The van der Waals surface area contributed by atoms with E-state index in [0.29, 0.717) is 11.5 Å². The maximum Gasteiger partial charge on any atom is 0.255 e. The van der Waals surface area contributed by atoms with Gasteiger partial charge in [0, 0.05) is 6.92 Å². The van der Waals surface area contributed by atoms with Gasteiger partial charge in [0.1, 0.15) is 17.8 Å². The summed E-state index contributed by atoms with van der Waals surface area (Å²) in [6.07, 6.45) is 0.947. The van der Waals surface area contributed by atoms with Gasteiger partial charge in [-0.25, -0.2) is 0 Å². The molecule has 0 aromatic heterocycles. The Labute approximate surface area is 112 Å². The monoisotopic (exact) mass is 256 g/mol. The first-order chi connectivity index (χ1) is 9.22. The standard InChI is InChI=1S/C16H16O3/c1-16(12-13-17,18-14-8-4-2-5-9-14)19-15-10-6-3-7-11-15/h2-11,13H,12H2,1H3. The Morgan fingerprint density at radius 3 is 1.68 bits per heavy atom. The van der Waals surface area contributed by atoms with Crippen molar-refractivity contribution in [1.29, 1.82) is 0 Å². The molecule has 2 aromatic carbocycles. The molecule has 0 aliphatic carbocycles. The summed E-state index contributed by atoms with van der Waals surface area (Å²) < 4.78 is 11.6. The predicted octanol–water partition coefficient (Wildman–Crippen LogP) is 3.45. The second kappa shape index (κ2) is 6.05. The first kappa shape index (κ1) is 13.1. The fourth-order valence-corrected chi connectivity index (χ4v) is 1.73. The van der Waals surface area contributed by atoms with Gasteiger partial charge in [0.15, 0.2) is 0 Å². The third kappa shape index (κ3) is 3.85.